The maximum absolute atomic E-state index is 12.7. The predicted octanol–water partition coefficient (Wildman–Crippen LogP) is 2.14. The van der Waals surface area contributed by atoms with Crippen LogP contribution in [-0.2, 0) is 10.0 Å². The van der Waals surface area contributed by atoms with Crippen LogP contribution in [0.15, 0.2) is 33.6 Å². The average molecular weight is 374 g/mol. The topological polar surface area (TPSA) is 57.6 Å². The van der Waals surface area contributed by atoms with Crippen LogP contribution in [0.5, 0.6) is 0 Å². The van der Waals surface area contributed by atoms with Crippen molar-refractivity contribution >= 4 is 26.0 Å². The minimum absolute atomic E-state index is 0.105. The Balaban J connectivity index is 2.27. The van der Waals surface area contributed by atoms with Crippen molar-refractivity contribution in [3.05, 3.63) is 28.7 Å². The molecule has 0 radical (unpaired) electrons. The molecule has 20 heavy (non-hydrogen) atoms. The van der Waals surface area contributed by atoms with Crippen molar-refractivity contribution in [2.75, 3.05) is 13.1 Å². The van der Waals surface area contributed by atoms with Crippen molar-refractivity contribution in [1.29, 1.82) is 0 Å². The molecule has 0 saturated carbocycles. The second kappa shape index (κ2) is 4.97. The zero-order valence-corrected chi connectivity index (χ0v) is 12.5. The van der Waals surface area contributed by atoms with Crippen molar-refractivity contribution in [3.8, 4) is 0 Å². The van der Waals surface area contributed by atoms with Crippen molar-refractivity contribution < 1.29 is 26.7 Å². The lowest BCUT2D eigenvalue weighted by Gasteiger charge is -2.25. The number of sulfonamides is 1. The smallest absolute Gasteiger partial charge is 0.379 e. The van der Waals surface area contributed by atoms with Crippen molar-refractivity contribution in [2.24, 2.45) is 0 Å². The van der Waals surface area contributed by atoms with Crippen LogP contribution in [0.1, 0.15) is 6.42 Å². The van der Waals surface area contributed by atoms with Gasteiger partial charge in [0.25, 0.3) is 0 Å². The summed E-state index contributed by atoms with van der Waals surface area (Å²) in [5.74, 6) is 0. The van der Waals surface area contributed by atoms with Crippen molar-refractivity contribution in [1.82, 2.24) is 4.31 Å². The fourth-order valence-corrected chi connectivity index (χ4v) is 3.71. The zero-order chi connectivity index (χ0) is 15.2. The molecule has 1 aromatic carbocycles. The molecule has 0 aromatic heterocycles. The van der Waals surface area contributed by atoms with E-state index in [-0.39, 0.29) is 11.4 Å². The number of alkyl halides is 3. The molecule has 1 aliphatic heterocycles. The minimum Gasteiger partial charge on any atom is -0.379 e. The summed E-state index contributed by atoms with van der Waals surface area (Å²) >= 11 is 3.14. The molecule has 1 aromatic rings. The Morgan fingerprint density at radius 1 is 1.25 bits per heavy atom. The molecule has 9 heteroatoms. The summed E-state index contributed by atoms with van der Waals surface area (Å²) in [6.07, 6.45) is -5.51. The first-order chi connectivity index (χ1) is 9.06. The molecule has 0 aliphatic carbocycles. The van der Waals surface area contributed by atoms with Gasteiger partial charge in [0.1, 0.15) is 0 Å². The van der Waals surface area contributed by atoms with Crippen LogP contribution in [0.25, 0.3) is 0 Å². The standard InChI is InChI=1S/C11H11BrF3NO3S/c12-8-1-3-9(4-2-8)20(18,19)16-6-5-10(17,7-16)11(13,14)15/h1-4,17H,5-7H2. The van der Waals surface area contributed by atoms with E-state index in [0.717, 1.165) is 0 Å². The number of halogens is 4. The van der Waals surface area contributed by atoms with Gasteiger partial charge >= 0.3 is 6.18 Å². The van der Waals surface area contributed by atoms with Gasteiger partial charge in [-0.1, -0.05) is 15.9 Å². The van der Waals surface area contributed by atoms with E-state index in [1.165, 1.54) is 24.3 Å². The van der Waals surface area contributed by atoms with Gasteiger partial charge < -0.3 is 5.11 Å². The van der Waals surface area contributed by atoms with E-state index in [1.54, 1.807) is 0 Å². The Labute approximate surface area is 122 Å². The molecule has 1 fully saturated rings. The minimum atomic E-state index is -4.85. The van der Waals surface area contributed by atoms with Gasteiger partial charge in [-0.2, -0.15) is 17.5 Å². The number of rotatable bonds is 2. The molecule has 112 valence electrons. The second-order valence-electron chi connectivity index (χ2n) is 4.57. The highest BCUT2D eigenvalue weighted by Crippen LogP contribution is 2.39. The fourth-order valence-electron chi connectivity index (χ4n) is 1.95. The number of aliphatic hydroxyl groups is 1. The molecule has 1 N–H and O–H groups in total. The maximum Gasteiger partial charge on any atom is 0.418 e. The highest BCUT2D eigenvalue weighted by atomic mass is 79.9. The summed E-state index contributed by atoms with van der Waals surface area (Å²) in [5, 5.41) is 9.51. The van der Waals surface area contributed by atoms with Crippen molar-refractivity contribution in [2.45, 2.75) is 23.1 Å². The number of hydrogen-bond acceptors (Lipinski definition) is 3. The highest BCUT2D eigenvalue weighted by molar-refractivity contribution is 9.10. The van der Waals surface area contributed by atoms with Gasteiger partial charge in [-0.15, -0.1) is 0 Å². The van der Waals surface area contributed by atoms with E-state index < -0.39 is 34.8 Å². The fraction of sp³-hybridized carbons (Fsp3) is 0.455. The van der Waals surface area contributed by atoms with E-state index >= 15 is 0 Å². The molecule has 2 rings (SSSR count). The lowest BCUT2D eigenvalue weighted by Crippen LogP contribution is -2.48. The summed E-state index contributed by atoms with van der Waals surface area (Å²) in [7, 11) is -4.03. The Morgan fingerprint density at radius 3 is 2.25 bits per heavy atom. The van der Waals surface area contributed by atoms with Crippen LogP contribution < -0.4 is 0 Å². The molecule has 1 atom stereocenters. The molecule has 0 amide bonds. The van der Waals surface area contributed by atoms with E-state index in [1.807, 2.05) is 0 Å². The molecular weight excluding hydrogens is 363 g/mol. The summed E-state index contributed by atoms with van der Waals surface area (Å²) in [6, 6.07) is 5.56. The third-order valence-electron chi connectivity index (χ3n) is 3.19. The third kappa shape index (κ3) is 2.72. The van der Waals surface area contributed by atoms with Gasteiger partial charge in [-0.3, -0.25) is 0 Å². The first-order valence-electron chi connectivity index (χ1n) is 5.61. The SMILES string of the molecule is O=S(=O)(c1ccc(Br)cc1)N1CCC(O)(C(F)(F)F)C1. The third-order valence-corrected chi connectivity index (χ3v) is 5.58. The largest absolute Gasteiger partial charge is 0.418 e. The number of hydrogen-bond donors (Lipinski definition) is 1. The molecular formula is C11H11BrF3NO3S. The Hall–Kier alpha value is -0.640. The number of benzene rings is 1. The Morgan fingerprint density at radius 2 is 1.80 bits per heavy atom. The van der Waals surface area contributed by atoms with Gasteiger partial charge in [0.15, 0.2) is 5.60 Å². The zero-order valence-electron chi connectivity index (χ0n) is 10.1. The van der Waals surface area contributed by atoms with Gasteiger partial charge in [0.2, 0.25) is 10.0 Å². The maximum atomic E-state index is 12.7. The molecule has 1 saturated heterocycles. The summed E-state index contributed by atoms with van der Waals surface area (Å²) in [5.41, 5.74) is -2.98. The number of nitrogens with zero attached hydrogens (tertiary/aromatic N) is 1. The van der Waals surface area contributed by atoms with Gasteiger partial charge in [-0.05, 0) is 24.3 Å². The van der Waals surface area contributed by atoms with Crippen molar-refractivity contribution in [3.63, 3.8) is 0 Å². The first kappa shape index (κ1) is 15.7. The second-order valence-corrected chi connectivity index (χ2v) is 7.43. The summed E-state index contributed by atoms with van der Waals surface area (Å²) < 4.78 is 63.8. The Kier molecular flexibility index (Phi) is 3.91. The van der Waals surface area contributed by atoms with E-state index in [0.29, 0.717) is 8.78 Å². The van der Waals surface area contributed by atoms with E-state index in [9.17, 15) is 26.7 Å². The van der Waals surface area contributed by atoms with Gasteiger partial charge in [0.05, 0.1) is 11.4 Å². The number of β-amino-alcohol motifs (C(OH)–C–C–N with tert-alkyl or cyclic N) is 1. The van der Waals surface area contributed by atoms with E-state index in [4.69, 9.17) is 0 Å². The van der Waals surface area contributed by atoms with Crippen LogP contribution in [0, 0.1) is 0 Å². The molecule has 4 nitrogen and oxygen atoms in total. The lowest BCUT2D eigenvalue weighted by molar-refractivity contribution is -0.252. The normalized spacial score (nSPS) is 25.1. The molecule has 1 heterocycles. The van der Waals surface area contributed by atoms with Gasteiger partial charge in [0, 0.05) is 17.4 Å². The lowest BCUT2D eigenvalue weighted by atomic mass is 10.0. The summed E-state index contributed by atoms with van der Waals surface area (Å²) in [4.78, 5) is -0.105. The van der Waals surface area contributed by atoms with Crippen LogP contribution >= 0.6 is 15.9 Å². The Bertz CT molecular complexity index is 602. The van der Waals surface area contributed by atoms with Crippen LogP contribution in [-0.4, -0.2) is 42.7 Å². The monoisotopic (exact) mass is 373 g/mol. The van der Waals surface area contributed by atoms with E-state index in [2.05, 4.69) is 15.9 Å². The summed E-state index contributed by atoms with van der Waals surface area (Å²) in [6.45, 7) is -1.34. The quantitative estimate of drug-likeness (QED) is 0.863. The van der Waals surface area contributed by atoms with Crippen LogP contribution in [0.3, 0.4) is 0 Å². The first-order valence-corrected chi connectivity index (χ1v) is 7.84. The van der Waals surface area contributed by atoms with Crippen LogP contribution in [0.4, 0.5) is 13.2 Å². The van der Waals surface area contributed by atoms with Gasteiger partial charge in [-0.25, -0.2) is 8.42 Å². The molecule has 0 spiro atoms. The van der Waals surface area contributed by atoms with Crippen LogP contribution in [0.2, 0.25) is 0 Å². The molecule has 0 bridgehead atoms. The highest BCUT2D eigenvalue weighted by Gasteiger charge is 2.58. The average Bonchev–Trinajstić information content (AvgIpc) is 2.74. The molecule has 1 aliphatic rings. The predicted molar refractivity (Wildman–Crippen MR) is 68.5 cm³/mol. The molecule has 1 unspecified atom stereocenters.